The number of nitrogens with one attached hydrogen (secondary N) is 1. The van der Waals surface area contributed by atoms with Gasteiger partial charge in [0.1, 0.15) is 0 Å². The minimum absolute atomic E-state index is 0.0814. The van der Waals surface area contributed by atoms with E-state index >= 15 is 0 Å². The Bertz CT molecular complexity index is 583. The quantitative estimate of drug-likeness (QED) is 0.263. The second-order valence-corrected chi connectivity index (χ2v) is 9.37. The Hall–Kier alpha value is -0.920. The number of hydrogen-bond donors (Lipinski definition) is 1. The molecule has 9 heteroatoms. The molecular weight excluding hydrogens is 397 g/mol. The topological polar surface area (TPSA) is 92.3 Å². The van der Waals surface area contributed by atoms with Gasteiger partial charge in [-0.2, -0.15) is 0 Å². The smallest absolute Gasteiger partial charge is 0.449 e. The van der Waals surface area contributed by atoms with Crippen LogP contribution in [0.5, 0.6) is 0 Å². The lowest BCUT2D eigenvalue weighted by Gasteiger charge is -2.15. The number of rotatable bonds is 13. The summed E-state index contributed by atoms with van der Waals surface area (Å²) in [5.41, 5.74) is 1.48. The predicted octanol–water partition coefficient (Wildman–Crippen LogP) is 4.31. The zero-order valence-electron chi connectivity index (χ0n) is 17.9. The molecule has 2 aliphatic rings. The van der Waals surface area contributed by atoms with Crippen LogP contribution in [-0.4, -0.2) is 52.8 Å². The van der Waals surface area contributed by atoms with E-state index in [0.29, 0.717) is 50.5 Å². The van der Waals surface area contributed by atoms with Gasteiger partial charge in [0.15, 0.2) is 0 Å². The monoisotopic (exact) mass is 433 g/mol. The number of phosphoric ester groups is 1. The Labute approximate surface area is 174 Å². The van der Waals surface area contributed by atoms with Crippen LogP contribution in [0.4, 0.5) is 4.79 Å². The number of carbonyl (C=O) groups is 1. The summed E-state index contributed by atoms with van der Waals surface area (Å²) in [6.45, 7) is 5.86. The van der Waals surface area contributed by atoms with Crippen LogP contribution in [0.2, 0.25) is 0 Å². The average molecular weight is 433 g/mol. The van der Waals surface area contributed by atoms with Gasteiger partial charge >= 0.3 is 13.9 Å². The van der Waals surface area contributed by atoms with Crippen molar-refractivity contribution in [2.45, 2.75) is 46.0 Å². The highest BCUT2D eigenvalue weighted by Crippen LogP contribution is 2.53. The standard InChI is InChI=1S/C20H36NO7P/c1-4-11-27-29(23,24-3)28-14-13-25-12-10-21-20(22)26-15-19-17-7-5-6-16(2)8-9-18(17)19/h6,17-19H,4-5,7-15H2,1-3H3,(H,21,22)/b16-6-/t17-,18+,19-,29?/m0/s1. The fourth-order valence-electron chi connectivity index (χ4n) is 3.75. The SMILES string of the molecule is CCCOP(=O)(OC)OCCOCCNC(=O)OC[C@@H]1[C@@H]2CC/C(C)=C\CC[C@@H]21. The first-order valence-corrected chi connectivity index (χ1v) is 12.0. The third-order valence-corrected chi connectivity index (χ3v) is 6.90. The summed E-state index contributed by atoms with van der Waals surface area (Å²) in [6, 6.07) is 0. The van der Waals surface area contributed by atoms with E-state index < -0.39 is 13.9 Å². The predicted molar refractivity (Wildman–Crippen MR) is 110 cm³/mol. The molecule has 0 aromatic carbocycles. The van der Waals surface area contributed by atoms with Crippen LogP contribution in [-0.2, 0) is 27.6 Å². The van der Waals surface area contributed by atoms with Crippen LogP contribution in [0.15, 0.2) is 11.6 Å². The largest absolute Gasteiger partial charge is 0.474 e. The van der Waals surface area contributed by atoms with Crippen LogP contribution in [0, 0.1) is 17.8 Å². The Kier molecular flexibility index (Phi) is 10.7. The molecule has 29 heavy (non-hydrogen) atoms. The minimum atomic E-state index is -3.49. The van der Waals surface area contributed by atoms with Gasteiger partial charge in [0, 0.05) is 13.7 Å². The molecule has 0 bridgehead atoms. The summed E-state index contributed by atoms with van der Waals surface area (Å²) in [4.78, 5) is 11.8. The second kappa shape index (κ2) is 12.7. The minimum Gasteiger partial charge on any atom is -0.449 e. The number of hydrogen-bond acceptors (Lipinski definition) is 7. The van der Waals surface area contributed by atoms with Gasteiger partial charge in [0.2, 0.25) is 0 Å². The van der Waals surface area contributed by atoms with Gasteiger partial charge in [-0.3, -0.25) is 13.6 Å². The number of alkyl carbamates (subject to hydrolysis) is 1. The van der Waals surface area contributed by atoms with Crippen molar-refractivity contribution in [1.29, 1.82) is 0 Å². The van der Waals surface area contributed by atoms with E-state index in [2.05, 4.69) is 18.3 Å². The van der Waals surface area contributed by atoms with Crippen LogP contribution in [0.3, 0.4) is 0 Å². The van der Waals surface area contributed by atoms with Crippen molar-refractivity contribution in [2.24, 2.45) is 17.8 Å². The molecule has 0 aromatic heterocycles. The first-order chi connectivity index (χ1) is 14.0. The summed E-state index contributed by atoms with van der Waals surface area (Å²) < 4.78 is 37.7. The second-order valence-electron chi connectivity index (χ2n) is 7.59. The van der Waals surface area contributed by atoms with Crippen LogP contribution >= 0.6 is 7.82 Å². The molecule has 1 N–H and O–H groups in total. The zero-order valence-corrected chi connectivity index (χ0v) is 18.8. The maximum atomic E-state index is 12.0. The molecule has 2 aliphatic carbocycles. The Morgan fingerprint density at radius 3 is 2.69 bits per heavy atom. The molecule has 1 unspecified atom stereocenters. The van der Waals surface area contributed by atoms with Crippen LogP contribution in [0.1, 0.15) is 46.0 Å². The van der Waals surface area contributed by atoms with Gasteiger partial charge in [0.05, 0.1) is 33.0 Å². The van der Waals surface area contributed by atoms with E-state index in [1.54, 1.807) is 0 Å². The molecule has 0 aromatic rings. The normalized spacial score (nSPS) is 27.6. The maximum Gasteiger partial charge on any atom is 0.474 e. The fraction of sp³-hybridized carbons (Fsp3) is 0.850. The van der Waals surface area contributed by atoms with Gasteiger partial charge in [0.25, 0.3) is 0 Å². The molecule has 0 spiro atoms. The summed E-state index contributed by atoms with van der Waals surface area (Å²) in [5, 5.41) is 2.68. The Morgan fingerprint density at radius 2 is 1.93 bits per heavy atom. The lowest BCUT2D eigenvalue weighted by molar-refractivity contribution is 0.0709. The maximum absolute atomic E-state index is 12.0. The van der Waals surface area contributed by atoms with Crippen molar-refractivity contribution in [2.75, 3.05) is 46.7 Å². The third kappa shape index (κ3) is 8.77. The Balaban J connectivity index is 1.47. The summed E-state index contributed by atoms with van der Waals surface area (Å²) in [5.74, 6) is 1.93. The number of amides is 1. The van der Waals surface area contributed by atoms with Crippen molar-refractivity contribution in [3.8, 4) is 0 Å². The zero-order chi connectivity index (χ0) is 21.1. The van der Waals surface area contributed by atoms with E-state index in [0.717, 1.165) is 12.8 Å². The van der Waals surface area contributed by atoms with Crippen molar-refractivity contribution in [1.82, 2.24) is 5.32 Å². The van der Waals surface area contributed by atoms with E-state index in [4.69, 9.17) is 23.0 Å². The molecule has 4 atom stereocenters. The van der Waals surface area contributed by atoms with Gasteiger partial charge in [-0.15, -0.1) is 0 Å². The molecule has 0 radical (unpaired) electrons. The summed E-state index contributed by atoms with van der Waals surface area (Å²) >= 11 is 0. The van der Waals surface area contributed by atoms with Crippen molar-refractivity contribution < 1.29 is 32.4 Å². The number of ether oxygens (including phenoxy) is 2. The molecule has 0 heterocycles. The lowest BCUT2D eigenvalue weighted by Crippen LogP contribution is -2.29. The number of phosphoric acid groups is 1. The van der Waals surface area contributed by atoms with Crippen molar-refractivity contribution in [3.05, 3.63) is 11.6 Å². The molecule has 8 nitrogen and oxygen atoms in total. The summed E-state index contributed by atoms with van der Waals surface area (Å²) in [6.07, 6.45) is 7.36. The molecule has 0 aliphatic heterocycles. The first kappa shape index (κ1) is 24.4. The van der Waals surface area contributed by atoms with E-state index in [-0.39, 0.29) is 13.2 Å². The molecule has 0 saturated heterocycles. The number of allylic oxidation sites excluding steroid dienone is 2. The Morgan fingerprint density at radius 1 is 1.17 bits per heavy atom. The van der Waals surface area contributed by atoms with Crippen LogP contribution in [0.25, 0.3) is 0 Å². The lowest BCUT2D eigenvalue weighted by atomic mass is 10.0. The highest BCUT2D eigenvalue weighted by molar-refractivity contribution is 7.48. The first-order valence-electron chi connectivity index (χ1n) is 10.6. The van der Waals surface area contributed by atoms with Crippen molar-refractivity contribution >= 4 is 13.9 Å². The van der Waals surface area contributed by atoms with E-state index in [9.17, 15) is 9.36 Å². The highest BCUT2D eigenvalue weighted by atomic mass is 31.2. The molecule has 168 valence electrons. The summed E-state index contributed by atoms with van der Waals surface area (Å²) in [7, 11) is -2.21. The van der Waals surface area contributed by atoms with E-state index in [1.165, 1.54) is 25.5 Å². The van der Waals surface area contributed by atoms with Gasteiger partial charge in [-0.1, -0.05) is 18.6 Å². The molecular formula is C20H36NO7P. The fourth-order valence-corrected chi connectivity index (χ4v) is 4.74. The van der Waals surface area contributed by atoms with Crippen LogP contribution < -0.4 is 5.32 Å². The van der Waals surface area contributed by atoms with Gasteiger partial charge in [-0.25, -0.2) is 9.36 Å². The van der Waals surface area contributed by atoms with Gasteiger partial charge in [-0.05, 0) is 56.8 Å². The van der Waals surface area contributed by atoms with Crippen molar-refractivity contribution in [3.63, 3.8) is 0 Å². The average Bonchev–Trinajstić information content (AvgIpc) is 3.36. The molecule has 1 saturated carbocycles. The number of carbonyl (C=O) groups excluding carboxylic acids is 1. The molecule has 2 rings (SSSR count). The van der Waals surface area contributed by atoms with E-state index in [1.807, 2.05) is 6.92 Å². The molecule has 1 fully saturated rings. The molecule has 1 amide bonds. The third-order valence-electron chi connectivity index (χ3n) is 5.45. The number of fused-ring (bicyclic) bond motifs is 1. The van der Waals surface area contributed by atoms with Gasteiger partial charge < -0.3 is 14.8 Å². The highest BCUT2D eigenvalue weighted by Gasteiger charge is 2.49.